The van der Waals surface area contributed by atoms with Crippen LogP contribution in [0, 0.1) is 0 Å². The summed E-state index contributed by atoms with van der Waals surface area (Å²) in [6.07, 6.45) is 0. The molecule has 2 aromatic rings. The molecule has 0 radical (unpaired) electrons. The molecule has 4 nitrogen and oxygen atoms in total. The van der Waals surface area contributed by atoms with Crippen molar-refractivity contribution in [2.75, 3.05) is 19.0 Å². The molecule has 0 aliphatic carbocycles. The van der Waals surface area contributed by atoms with E-state index >= 15 is 0 Å². The van der Waals surface area contributed by atoms with E-state index in [1.807, 2.05) is 19.0 Å². The number of benzene rings is 2. The van der Waals surface area contributed by atoms with Crippen molar-refractivity contribution >= 4 is 11.5 Å². The summed E-state index contributed by atoms with van der Waals surface area (Å²) in [5, 5.41) is 19.1. The van der Waals surface area contributed by atoms with Gasteiger partial charge in [-0.15, -0.1) is 0 Å². The number of hydrogen-bond acceptors (Lipinski definition) is 4. The normalized spacial score (nSPS) is 10.2. The van der Waals surface area contributed by atoms with Gasteiger partial charge in [0.25, 0.3) is 0 Å². The third-order valence-electron chi connectivity index (χ3n) is 2.87. The second-order valence-electron chi connectivity index (χ2n) is 4.47. The fraction of sp³-hybridized carbons (Fsp3) is 0.133. The predicted molar refractivity (Wildman–Crippen MR) is 74.0 cm³/mol. The van der Waals surface area contributed by atoms with Crippen LogP contribution in [0.1, 0.15) is 15.9 Å². The highest BCUT2D eigenvalue weighted by Crippen LogP contribution is 2.26. The summed E-state index contributed by atoms with van der Waals surface area (Å²) in [5.41, 5.74) is 1.49. The van der Waals surface area contributed by atoms with Crippen LogP contribution < -0.4 is 4.90 Å². The van der Waals surface area contributed by atoms with Gasteiger partial charge in [0.05, 0.1) is 5.56 Å². The number of rotatable bonds is 3. The monoisotopic (exact) mass is 257 g/mol. The minimum absolute atomic E-state index is 0.0516. The van der Waals surface area contributed by atoms with E-state index < -0.39 is 0 Å². The zero-order valence-electron chi connectivity index (χ0n) is 10.8. The maximum Gasteiger partial charge on any atom is 0.196 e. The maximum absolute atomic E-state index is 12.2. The van der Waals surface area contributed by atoms with Crippen LogP contribution in [0.2, 0.25) is 0 Å². The first kappa shape index (κ1) is 13.0. The third kappa shape index (κ3) is 2.68. The molecule has 19 heavy (non-hydrogen) atoms. The molecule has 0 saturated carbocycles. The Bertz CT molecular complexity index is 603. The van der Waals surface area contributed by atoms with Gasteiger partial charge in [0, 0.05) is 31.4 Å². The van der Waals surface area contributed by atoms with E-state index in [1.165, 1.54) is 24.3 Å². The molecule has 98 valence electrons. The van der Waals surface area contributed by atoms with Crippen LogP contribution in [0.25, 0.3) is 0 Å². The van der Waals surface area contributed by atoms with Crippen molar-refractivity contribution < 1.29 is 15.0 Å². The molecule has 0 aliphatic rings. The number of phenols is 2. The predicted octanol–water partition coefficient (Wildman–Crippen LogP) is 2.39. The van der Waals surface area contributed by atoms with Crippen LogP contribution in [-0.2, 0) is 0 Å². The molecular formula is C15H15NO3. The number of ketones is 1. The number of hydrogen-bond donors (Lipinski definition) is 2. The van der Waals surface area contributed by atoms with Crippen LogP contribution in [-0.4, -0.2) is 30.1 Å². The lowest BCUT2D eigenvalue weighted by Crippen LogP contribution is -2.09. The molecule has 0 saturated heterocycles. The molecule has 0 amide bonds. The molecule has 0 atom stereocenters. The van der Waals surface area contributed by atoms with Crippen LogP contribution >= 0.6 is 0 Å². The lowest BCUT2D eigenvalue weighted by Gasteiger charge is -2.13. The SMILES string of the molecule is CN(C)c1ccc(C(=O)c2ccc(O)cc2)c(O)c1. The molecule has 2 aromatic carbocycles. The highest BCUT2D eigenvalue weighted by atomic mass is 16.3. The summed E-state index contributed by atoms with van der Waals surface area (Å²) in [5.74, 6) is -0.226. The molecule has 0 heterocycles. The molecule has 0 aliphatic heterocycles. The molecule has 2 rings (SSSR count). The molecule has 0 fully saturated rings. The molecule has 0 bridgehead atoms. The van der Waals surface area contributed by atoms with E-state index in [2.05, 4.69) is 0 Å². The van der Waals surface area contributed by atoms with Gasteiger partial charge in [-0.25, -0.2) is 0 Å². The minimum atomic E-state index is -0.275. The van der Waals surface area contributed by atoms with E-state index in [9.17, 15) is 15.0 Å². The van der Waals surface area contributed by atoms with Crippen LogP contribution in [0.5, 0.6) is 11.5 Å². The number of anilines is 1. The van der Waals surface area contributed by atoms with Crippen LogP contribution in [0.4, 0.5) is 5.69 Å². The zero-order chi connectivity index (χ0) is 14.0. The van der Waals surface area contributed by atoms with Crippen LogP contribution in [0.15, 0.2) is 42.5 Å². The highest BCUT2D eigenvalue weighted by molar-refractivity contribution is 6.10. The molecule has 0 unspecified atom stereocenters. The Labute approximate surface area is 111 Å². The van der Waals surface area contributed by atoms with Crippen molar-refractivity contribution in [3.05, 3.63) is 53.6 Å². The fourth-order valence-corrected chi connectivity index (χ4v) is 1.76. The zero-order valence-corrected chi connectivity index (χ0v) is 10.8. The van der Waals surface area contributed by atoms with Crippen molar-refractivity contribution in [1.82, 2.24) is 0 Å². The van der Waals surface area contributed by atoms with Crippen molar-refractivity contribution in [3.8, 4) is 11.5 Å². The highest BCUT2D eigenvalue weighted by Gasteiger charge is 2.14. The Hall–Kier alpha value is -2.49. The topological polar surface area (TPSA) is 60.8 Å². The summed E-state index contributed by atoms with van der Waals surface area (Å²) >= 11 is 0. The van der Waals surface area contributed by atoms with Crippen LogP contribution in [0.3, 0.4) is 0 Å². The number of carbonyl (C=O) groups is 1. The third-order valence-corrected chi connectivity index (χ3v) is 2.87. The lowest BCUT2D eigenvalue weighted by atomic mass is 10.0. The Morgan fingerprint density at radius 1 is 1.00 bits per heavy atom. The van der Waals surface area contributed by atoms with Gasteiger partial charge in [0.1, 0.15) is 11.5 Å². The smallest absolute Gasteiger partial charge is 0.196 e. The van der Waals surface area contributed by atoms with Gasteiger partial charge in [-0.2, -0.15) is 0 Å². The largest absolute Gasteiger partial charge is 0.508 e. The Morgan fingerprint density at radius 3 is 2.16 bits per heavy atom. The average Bonchev–Trinajstić information content (AvgIpc) is 2.38. The van der Waals surface area contributed by atoms with Crippen molar-refractivity contribution in [1.29, 1.82) is 0 Å². The summed E-state index contributed by atoms with van der Waals surface area (Å²) < 4.78 is 0. The Kier molecular flexibility index (Phi) is 3.42. The van der Waals surface area contributed by atoms with Gasteiger partial charge in [-0.3, -0.25) is 4.79 Å². The quantitative estimate of drug-likeness (QED) is 0.829. The fourth-order valence-electron chi connectivity index (χ4n) is 1.76. The van der Waals surface area contributed by atoms with E-state index in [1.54, 1.807) is 18.2 Å². The number of nitrogens with zero attached hydrogens (tertiary/aromatic N) is 1. The molecule has 2 N–H and O–H groups in total. The van der Waals surface area contributed by atoms with Gasteiger partial charge >= 0.3 is 0 Å². The first-order chi connectivity index (χ1) is 8.99. The second-order valence-corrected chi connectivity index (χ2v) is 4.47. The second kappa shape index (κ2) is 5.02. The van der Waals surface area contributed by atoms with Crippen molar-refractivity contribution in [2.24, 2.45) is 0 Å². The van der Waals surface area contributed by atoms with Gasteiger partial charge < -0.3 is 15.1 Å². The van der Waals surface area contributed by atoms with Gasteiger partial charge in [0.2, 0.25) is 0 Å². The van der Waals surface area contributed by atoms with Gasteiger partial charge in [0.15, 0.2) is 5.78 Å². The first-order valence-corrected chi connectivity index (χ1v) is 5.83. The van der Waals surface area contributed by atoms with E-state index in [-0.39, 0.29) is 22.8 Å². The Morgan fingerprint density at radius 2 is 1.63 bits per heavy atom. The summed E-state index contributed by atoms with van der Waals surface area (Å²) in [6.45, 7) is 0. The van der Waals surface area contributed by atoms with E-state index in [0.29, 0.717) is 5.56 Å². The average molecular weight is 257 g/mol. The molecular weight excluding hydrogens is 242 g/mol. The summed E-state index contributed by atoms with van der Waals surface area (Å²) in [7, 11) is 3.71. The first-order valence-electron chi connectivity index (χ1n) is 5.83. The number of aromatic hydroxyl groups is 2. The Balaban J connectivity index is 2.36. The summed E-state index contributed by atoms with van der Waals surface area (Å²) in [6, 6.07) is 10.9. The van der Waals surface area contributed by atoms with Gasteiger partial charge in [-0.05, 0) is 36.4 Å². The van der Waals surface area contributed by atoms with Crippen molar-refractivity contribution in [3.63, 3.8) is 0 Å². The molecule has 0 spiro atoms. The number of carbonyl (C=O) groups excluding carboxylic acids is 1. The molecule has 0 aromatic heterocycles. The van der Waals surface area contributed by atoms with E-state index in [4.69, 9.17) is 0 Å². The standard InChI is InChI=1S/C15H15NO3/c1-16(2)11-5-8-13(14(18)9-11)15(19)10-3-6-12(17)7-4-10/h3-9,17-18H,1-2H3. The minimum Gasteiger partial charge on any atom is -0.508 e. The summed E-state index contributed by atoms with van der Waals surface area (Å²) in [4.78, 5) is 14.0. The van der Waals surface area contributed by atoms with Crippen molar-refractivity contribution in [2.45, 2.75) is 0 Å². The number of phenolic OH excluding ortho intramolecular Hbond substituents is 2. The van der Waals surface area contributed by atoms with Gasteiger partial charge in [-0.1, -0.05) is 0 Å². The maximum atomic E-state index is 12.2. The molecule has 4 heteroatoms. The van der Waals surface area contributed by atoms with E-state index in [0.717, 1.165) is 5.69 Å². The lowest BCUT2D eigenvalue weighted by molar-refractivity contribution is 0.103.